The molecule has 1 aromatic heterocycles. The summed E-state index contributed by atoms with van der Waals surface area (Å²) in [5.74, 6) is 0.907. The summed E-state index contributed by atoms with van der Waals surface area (Å²) in [7, 11) is 1.50. The van der Waals surface area contributed by atoms with Gasteiger partial charge < -0.3 is 25.0 Å². The van der Waals surface area contributed by atoms with Crippen LogP contribution >= 0.6 is 0 Å². The topological polar surface area (TPSA) is 94.6 Å². The van der Waals surface area contributed by atoms with Crippen LogP contribution in [0.3, 0.4) is 0 Å². The van der Waals surface area contributed by atoms with E-state index in [1.54, 1.807) is 6.92 Å². The third-order valence-electron chi connectivity index (χ3n) is 5.48. The van der Waals surface area contributed by atoms with Gasteiger partial charge in [-0.2, -0.15) is 0 Å². The molecule has 0 bridgehead atoms. The van der Waals surface area contributed by atoms with Crippen molar-refractivity contribution in [1.29, 1.82) is 0 Å². The number of benzene rings is 2. The number of carbonyl (C=O) groups is 2. The molecule has 1 fully saturated rings. The van der Waals surface area contributed by atoms with Gasteiger partial charge in [0.2, 0.25) is 0 Å². The van der Waals surface area contributed by atoms with Crippen LogP contribution in [0.25, 0.3) is 11.0 Å². The van der Waals surface area contributed by atoms with Crippen molar-refractivity contribution >= 4 is 23.2 Å². The van der Waals surface area contributed by atoms with E-state index in [2.05, 4.69) is 24.9 Å². The Morgan fingerprint density at radius 3 is 2.26 bits per heavy atom. The van der Waals surface area contributed by atoms with Crippen molar-refractivity contribution in [1.82, 2.24) is 5.32 Å². The van der Waals surface area contributed by atoms with Crippen molar-refractivity contribution in [3.05, 3.63) is 65.4 Å². The van der Waals surface area contributed by atoms with Crippen molar-refractivity contribution in [2.24, 2.45) is 5.73 Å². The van der Waals surface area contributed by atoms with Gasteiger partial charge >= 0.3 is 0 Å². The smallest absolute Gasteiger partial charge is 0.256 e. The van der Waals surface area contributed by atoms with Crippen molar-refractivity contribution in [3.63, 3.8) is 0 Å². The van der Waals surface area contributed by atoms with E-state index in [1.165, 1.54) is 13.5 Å². The minimum atomic E-state index is -0.733. The molecule has 1 aliphatic rings. The number of carbonyl (C=O) groups excluding carboxylic acids is 2. The second-order valence-electron chi connectivity index (χ2n) is 8.15. The van der Waals surface area contributed by atoms with Crippen LogP contribution in [0.5, 0.6) is 5.75 Å². The van der Waals surface area contributed by atoms with E-state index in [9.17, 15) is 9.59 Å². The lowest BCUT2D eigenvalue weighted by Crippen LogP contribution is -2.54. The lowest BCUT2D eigenvalue weighted by atomic mass is 9.78. The zero-order valence-corrected chi connectivity index (χ0v) is 22.3. The Morgan fingerprint density at radius 2 is 1.74 bits per heavy atom. The number of aryl methyl sites for hydroxylation is 1. The minimum Gasteiger partial charge on any atom is -0.486 e. The predicted octanol–water partition coefficient (Wildman–Crippen LogP) is 6.75. The van der Waals surface area contributed by atoms with Gasteiger partial charge in [0.25, 0.3) is 5.91 Å². The monoisotopic (exact) mass is 482 g/mol. The molecule has 1 amide bonds. The molecule has 6 heteroatoms. The molecule has 1 heterocycles. The molecule has 4 rings (SSSR count). The van der Waals surface area contributed by atoms with Crippen LogP contribution in [0, 0.1) is 6.92 Å². The molecular weight excluding hydrogens is 440 g/mol. The molecule has 0 spiro atoms. The highest BCUT2D eigenvalue weighted by molar-refractivity contribution is 6.08. The Morgan fingerprint density at radius 1 is 1.14 bits per heavy atom. The van der Waals surface area contributed by atoms with Crippen molar-refractivity contribution in [2.45, 2.75) is 78.9 Å². The van der Waals surface area contributed by atoms with Gasteiger partial charge in [-0.3, -0.25) is 4.79 Å². The summed E-state index contributed by atoms with van der Waals surface area (Å²) in [6.45, 7) is 12.0. The van der Waals surface area contributed by atoms with Crippen molar-refractivity contribution in [3.8, 4) is 5.75 Å². The van der Waals surface area contributed by atoms with Crippen LogP contribution in [-0.4, -0.2) is 24.8 Å². The zero-order valence-electron chi connectivity index (χ0n) is 22.3. The summed E-state index contributed by atoms with van der Waals surface area (Å²) in [5, 5.41) is 3.58. The van der Waals surface area contributed by atoms with Gasteiger partial charge in [0.1, 0.15) is 29.5 Å². The van der Waals surface area contributed by atoms with Crippen LogP contribution in [0.15, 0.2) is 52.9 Å². The highest BCUT2D eigenvalue weighted by Crippen LogP contribution is 2.34. The Bertz CT molecular complexity index is 1040. The van der Waals surface area contributed by atoms with Crippen LogP contribution in [-0.2, 0) is 4.79 Å². The lowest BCUT2D eigenvalue weighted by molar-refractivity contribution is -0.115. The summed E-state index contributed by atoms with van der Waals surface area (Å²) in [5.41, 5.74) is 5.92. The second kappa shape index (κ2) is 15.0. The molecule has 1 unspecified atom stereocenters. The quantitative estimate of drug-likeness (QED) is 0.379. The van der Waals surface area contributed by atoms with E-state index >= 15 is 0 Å². The van der Waals surface area contributed by atoms with Crippen molar-refractivity contribution < 1.29 is 18.7 Å². The molecule has 192 valence electrons. The molecule has 3 aromatic rings. The molecule has 1 aliphatic carbocycles. The molecular formula is C29H42N2O4. The lowest BCUT2D eigenvalue weighted by Gasteiger charge is -2.37. The first-order valence-electron chi connectivity index (χ1n) is 12.5. The van der Waals surface area contributed by atoms with Gasteiger partial charge in [0, 0.05) is 5.39 Å². The minimum absolute atomic E-state index is 0.128. The molecule has 1 saturated carbocycles. The van der Waals surface area contributed by atoms with Gasteiger partial charge in [-0.05, 0) is 63.9 Å². The van der Waals surface area contributed by atoms with Gasteiger partial charge in [0.15, 0.2) is 0 Å². The number of aldehydes is 1. The SMILES string of the molecule is CC.CCC.CN.Cc1oc2ccc(OC(C)c3ccccc3)cc2c1C(=O)NC1(C=O)CCC1. The Hall–Kier alpha value is -3.12. The summed E-state index contributed by atoms with van der Waals surface area (Å²) < 4.78 is 11.8. The molecule has 2 aromatic carbocycles. The van der Waals surface area contributed by atoms with E-state index < -0.39 is 5.54 Å². The highest BCUT2D eigenvalue weighted by atomic mass is 16.5. The summed E-state index contributed by atoms with van der Waals surface area (Å²) >= 11 is 0. The first kappa shape index (κ1) is 29.9. The van der Waals surface area contributed by atoms with E-state index in [1.807, 2.05) is 69.3 Å². The van der Waals surface area contributed by atoms with E-state index in [0.29, 0.717) is 40.9 Å². The maximum Gasteiger partial charge on any atom is 0.256 e. The third kappa shape index (κ3) is 7.69. The van der Waals surface area contributed by atoms with Gasteiger partial charge in [-0.1, -0.05) is 64.4 Å². The Kier molecular flexibility index (Phi) is 12.8. The number of nitrogens with two attached hydrogens (primary N) is 1. The molecule has 0 aliphatic heterocycles. The molecule has 35 heavy (non-hydrogen) atoms. The average molecular weight is 483 g/mol. The fraction of sp³-hybridized carbons (Fsp3) is 0.448. The number of furan rings is 1. The Balaban J connectivity index is 0.000000797. The fourth-order valence-corrected chi connectivity index (χ4v) is 3.67. The summed E-state index contributed by atoms with van der Waals surface area (Å²) in [6.07, 6.45) is 4.28. The number of nitrogens with one attached hydrogen (secondary N) is 1. The molecule has 0 radical (unpaired) electrons. The van der Waals surface area contributed by atoms with E-state index in [4.69, 9.17) is 9.15 Å². The number of fused-ring (bicyclic) bond motifs is 1. The summed E-state index contributed by atoms with van der Waals surface area (Å²) in [4.78, 5) is 24.3. The predicted molar refractivity (Wildman–Crippen MR) is 144 cm³/mol. The maximum absolute atomic E-state index is 12.9. The molecule has 6 nitrogen and oxygen atoms in total. The number of rotatable bonds is 6. The highest BCUT2D eigenvalue weighted by Gasteiger charge is 2.39. The van der Waals surface area contributed by atoms with Crippen LogP contribution in [0.1, 0.15) is 88.1 Å². The summed E-state index contributed by atoms with van der Waals surface area (Å²) in [6, 6.07) is 15.4. The number of amides is 1. The van der Waals surface area contributed by atoms with Crippen molar-refractivity contribution in [2.75, 3.05) is 7.05 Å². The van der Waals surface area contributed by atoms with Crippen LogP contribution < -0.4 is 15.8 Å². The van der Waals surface area contributed by atoms with E-state index in [0.717, 1.165) is 18.3 Å². The molecule has 1 atom stereocenters. The molecule has 0 saturated heterocycles. The number of ether oxygens (including phenoxy) is 1. The van der Waals surface area contributed by atoms with E-state index in [-0.39, 0.29) is 12.0 Å². The third-order valence-corrected chi connectivity index (χ3v) is 5.48. The largest absolute Gasteiger partial charge is 0.486 e. The van der Waals surface area contributed by atoms with Crippen LogP contribution in [0.4, 0.5) is 0 Å². The Labute approximate surface area is 210 Å². The van der Waals surface area contributed by atoms with Gasteiger partial charge in [0.05, 0.1) is 11.1 Å². The number of hydrogen-bond acceptors (Lipinski definition) is 5. The zero-order chi connectivity index (χ0) is 26.4. The normalized spacial score (nSPS) is 13.8. The number of hydrogen-bond donors (Lipinski definition) is 2. The second-order valence-corrected chi connectivity index (χ2v) is 8.15. The van der Waals surface area contributed by atoms with Crippen LogP contribution in [0.2, 0.25) is 0 Å². The first-order chi connectivity index (χ1) is 16.9. The average Bonchev–Trinajstić information content (AvgIpc) is 3.20. The standard InChI is InChI=1S/C23H23NO4.C3H8.C2H6.CH5N/c1-15(17-7-4-3-5-8-17)27-18-9-10-20-19(13-18)21(16(2)28-20)22(26)24-23(14-25)11-6-12-23;1-3-2;2*1-2/h3-5,7-10,13-15H,6,11-12H2,1-2H3,(H,24,26);3H2,1-2H3;1-2H3;2H2,1H3. The van der Waals surface area contributed by atoms with Gasteiger partial charge in [-0.25, -0.2) is 0 Å². The van der Waals surface area contributed by atoms with Gasteiger partial charge in [-0.15, -0.1) is 0 Å². The molecule has 3 N–H and O–H groups in total. The maximum atomic E-state index is 12.9. The fourth-order valence-electron chi connectivity index (χ4n) is 3.67. The first-order valence-corrected chi connectivity index (χ1v) is 12.5.